The normalized spacial score (nSPS) is 17.4. The first-order valence-corrected chi connectivity index (χ1v) is 15.7. The van der Waals surface area contributed by atoms with Crippen molar-refractivity contribution >= 4 is 34.8 Å². The second-order valence-electron chi connectivity index (χ2n) is 12.3. The first-order chi connectivity index (χ1) is 22.7. The lowest BCUT2D eigenvalue weighted by Crippen LogP contribution is -2.47. The number of aliphatic hydroxyl groups excluding tert-OH is 1. The smallest absolute Gasteiger partial charge is 0.389 e. The lowest BCUT2D eigenvalue weighted by atomic mass is 10.0. The molecule has 1 aliphatic rings. The summed E-state index contributed by atoms with van der Waals surface area (Å²) in [6.45, 7) is 4.80. The zero-order valence-electron chi connectivity index (χ0n) is 27.2. The zero-order valence-corrected chi connectivity index (χ0v) is 27.2. The summed E-state index contributed by atoms with van der Waals surface area (Å²) in [6, 6.07) is 18.5. The van der Waals surface area contributed by atoms with Gasteiger partial charge in [-0.1, -0.05) is 31.2 Å². The van der Waals surface area contributed by atoms with E-state index in [0.717, 1.165) is 5.56 Å². The number of alkyl halides is 3. The predicted molar refractivity (Wildman–Crippen MR) is 177 cm³/mol. The van der Waals surface area contributed by atoms with Crippen LogP contribution in [0.5, 0.6) is 5.75 Å². The van der Waals surface area contributed by atoms with Crippen LogP contribution in [0.25, 0.3) is 0 Å². The Morgan fingerprint density at radius 3 is 2.48 bits per heavy atom. The third kappa shape index (κ3) is 10.2. The van der Waals surface area contributed by atoms with Crippen molar-refractivity contribution in [1.82, 2.24) is 9.80 Å². The van der Waals surface area contributed by atoms with Gasteiger partial charge in [-0.3, -0.25) is 19.3 Å². The SMILES string of the molecule is C[C@H]1CN([C@@H](C)CO)C(=O)Cc2cc(NC(=O)CCC(F)(F)F)ccc2O[C@H]1CN(C)Cc1ccc(C(=O)Nc2ccccc2N)cc1. The number of para-hydroxylation sites is 2. The number of nitrogens with two attached hydrogens (primary N) is 1. The summed E-state index contributed by atoms with van der Waals surface area (Å²) in [5, 5.41) is 15.2. The molecule has 0 bridgehead atoms. The second-order valence-corrected chi connectivity index (χ2v) is 12.3. The number of nitrogen functional groups attached to an aromatic ring is 1. The quantitative estimate of drug-likeness (QED) is 0.209. The molecule has 3 atom stereocenters. The molecule has 0 aromatic heterocycles. The van der Waals surface area contributed by atoms with Gasteiger partial charge >= 0.3 is 6.18 Å². The van der Waals surface area contributed by atoms with Crippen LogP contribution >= 0.6 is 0 Å². The molecule has 258 valence electrons. The van der Waals surface area contributed by atoms with Crippen molar-refractivity contribution in [2.45, 2.75) is 58.0 Å². The molecule has 5 N–H and O–H groups in total. The highest BCUT2D eigenvalue weighted by Gasteiger charge is 2.32. The largest absolute Gasteiger partial charge is 0.488 e. The molecule has 0 fully saturated rings. The number of halogens is 3. The maximum absolute atomic E-state index is 13.4. The standard InChI is InChI=1S/C35H42F3N5O5/c1-22-18-43(23(2)21-44)33(46)17-26-16-27(40-32(45)14-15-35(36,37)38)12-13-30(26)48-31(22)20-42(3)19-24-8-10-25(11-9-24)34(47)41-29-7-5-4-6-28(29)39/h4-13,16,22-23,31,44H,14-15,17-21,39H2,1-3H3,(H,40,45)(H,41,47)/t22-,23-,31-/m0/s1. The molecule has 3 aromatic rings. The summed E-state index contributed by atoms with van der Waals surface area (Å²) in [4.78, 5) is 42.0. The van der Waals surface area contributed by atoms with Gasteiger partial charge in [-0.25, -0.2) is 0 Å². The Bertz CT molecular complexity index is 1580. The number of aliphatic hydroxyl groups is 1. The van der Waals surface area contributed by atoms with E-state index in [4.69, 9.17) is 10.5 Å². The van der Waals surface area contributed by atoms with Gasteiger partial charge < -0.3 is 31.1 Å². The Hall–Kier alpha value is -4.62. The maximum atomic E-state index is 13.4. The summed E-state index contributed by atoms with van der Waals surface area (Å²) < 4.78 is 44.3. The number of nitrogens with zero attached hydrogens (tertiary/aromatic N) is 2. The van der Waals surface area contributed by atoms with Gasteiger partial charge in [0.25, 0.3) is 5.91 Å². The summed E-state index contributed by atoms with van der Waals surface area (Å²) in [5.41, 5.74) is 9.11. The Balaban J connectivity index is 1.48. The number of hydrogen-bond acceptors (Lipinski definition) is 7. The molecule has 0 saturated heterocycles. The zero-order chi connectivity index (χ0) is 35.0. The minimum absolute atomic E-state index is 0.0853. The van der Waals surface area contributed by atoms with Crippen molar-refractivity contribution in [3.63, 3.8) is 0 Å². The fourth-order valence-electron chi connectivity index (χ4n) is 5.45. The lowest BCUT2D eigenvalue weighted by Gasteiger charge is -2.34. The van der Waals surface area contributed by atoms with Gasteiger partial charge in [0.15, 0.2) is 0 Å². The van der Waals surface area contributed by atoms with Crippen LogP contribution in [0.1, 0.15) is 48.2 Å². The molecular formula is C35H42F3N5O5. The molecule has 0 radical (unpaired) electrons. The fraction of sp³-hybridized carbons (Fsp3) is 0.400. The van der Waals surface area contributed by atoms with Crippen LogP contribution in [0.2, 0.25) is 0 Å². The second kappa shape index (κ2) is 16.0. The van der Waals surface area contributed by atoms with E-state index < -0.39 is 37.1 Å². The number of fused-ring (bicyclic) bond motifs is 1. The summed E-state index contributed by atoms with van der Waals surface area (Å²) >= 11 is 0. The Morgan fingerprint density at radius 2 is 1.81 bits per heavy atom. The number of anilines is 3. The van der Waals surface area contributed by atoms with E-state index in [2.05, 4.69) is 15.5 Å². The fourth-order valence-corrected chi connectivity index (χ4v) is 5.45. The van der Waals surface area contributed by atoms with Crippen molar-refractivity contribution in [2.24, 2.45) is 5.92 Å². The molecule has 48 heavy (non-hydrogen) atoms. The van der Waals surface area contributed by atoms with E-state index in [1.807, 2.05) is 26.1 Å². The molecule has 0 spiro atoms. The molecule has 4 rings (SSSR count). The number of benzene rings is 3. The molecule has 1 heterocycles. The first-order valence-electron chi connectivity index (χ1n) is 15.7. The maximum Gasteiger partial charge on any atom is 0.389 e. The van der Waals surface area contributed by atoms with Crippen LogP contribution in [0.15, 0.2) is 66.7 Å². The first kappa shape index (κ1) is 36.2. The van der Waals surface area contributed by atoms with Crippen LogP contribution in [-0.2, 0) is 22.6 Å². The van der Waals surface area contributed by atoms with Crippen LogP contribution in [0, 0.1) is 5.92 Å². The van der Waals surface area contributed by atoms with Gasteiger partial charge in [0.2, 0.25) is 11.8 Å². The molecule has 0 saturated carbocycles. The van der Waals surface area contributed by atoms with E-state index in [9.17, 15) is 32.7 Å². The van der Waals surface area contributed by atoms with E-state index >= 15 is 0 Å². The topological polar surface area (TPSA) is 137 Å². The summed E-state index contributed by atoms with van der Waals surface area (Å²) in [7, 11) is 1.93. The van der Waals surface area contributed by atoms with E-state index in [0.29, 0.717) is 47.9 Å². The highest BCUT2D eigenvalue weighted by atomic mass is 19.4. The minimum atomic E-state index is -4.45. The molecule has 13 heteroatoms. The third-order valence-corrected chi connectivity index (χ3v) is 8.21. The molecule has 0 aliphatic carbocycles. The molecule has 3 amide bonds. The summed E-state index contributed by atoms with van der Waals surface area (Å²) in [5.74, 6) is -1.05. The van der Waals surface area contributed by atoms with Gasteiger partial charge in [-0.05, 0) is 62.0 Å². The van der Waals surface area contributed by atoms with Crippen LogP contribution < -0.4 is 21.1 Å². The minimum Gasteiger partial charge on any atom is -0.488 e. The van der Waals surface area contributed by atoms with Gasteiger partial charge in [0, 0.05) is 48.8 Å². The average molecular weight is 670 g/mol. The highest BCUT2D eigenvalue weighted by molar-refractivity contribution is 6.05. The van der Waals surface area contributed by atoms with Crippen molar-refractivity contribution < 1.29 is 37.4 Å². The van der Waals surface area contributed by atoms with Gasteiger partial charge in [-0.2, -0.15) is 13.2 Å². The van der Waals surface area contributed by atoms with Gasteiger partial charge in [0.05, 0.1) is 36.9 Å². The number of ether oxygens (including phenoxy) is 1. The molecule has 1 aliphatic heterocycles. The van der Waals surface area contributed by atoms with E-state index in [1.54, 1.807) is 60.4 Å². The van der Waals surface area contributed by atoms with Crippen molar-refractivity contribution in [3.8, 4) is 5.75 Å². The van der Waals surface area contributed by atoms with Crippen molar-refractivity contribution in [3.05, 3.63) is 83.4 Å². The van der Waals surface area contributed by atoms with Gasteiger partial charge in [-0.15, -0.1) is 0 Å². The molecule has 0 unspecified atom stereocenters. The number of likely N-dealkylation sites (N-methyl/N-ethyl adjacent to an activating group) is 1. The predicted octanol–water partition coefficient (Wildman–Crippen LogP) is 5.08. The molecular weight excluding hydrogens is 627 g/mol. The Kier molecular flexibility index (Phi) is 12.1. The number of hydrogen-bond donors (Lipinski definition) is 4. The average Bonchev–Trinajstić information content (AvgIpc) is 3.08. The van der Waals surface area contributed by atoms with E-state index in [-0.39, 0.29) is 36.4 Å². The monoisotopic (exact) mass is 669 g/mol. The number of carbonyl (C=O) groups is 3. The number of carbonyl (C=O) groups excluding carboxylic acids is 3. The van der Waals surface area contributed by atoms with Crippen LogP contribution in [0.4, 0.5) is 30.2 Å². The Morgan fingerprint density at radius 1 is 1.10 bits per heavy atom. The molecule has 10 nitrogen and oxygen atoms in total. The number of amides is 3. The summed E-state index contributed by atoms with van der Waals surface area (Å²) in [6.07, 6.45) is -6.90. The Labute approximate surface area is 278 Å². The van der Waals surface area contributed by atoms with Crippen LogP contribution in [0.3, 0.4) is 0 Å². The van der Waals surface area contributed by atoms with Gasteiger partial charge in [0.1, 0.15) is 11.9 Å². The van der Waals surface area contributed by atoms with Crippen molar-refractivity contribution in [2.75, 3.05) is 43.1 Å². The van der Waals surface area contributed by atoms with Crippen LogP contribution in [-0.4, -0.2) is 77.7 Å². The van der Waals surface area contributed by atoms with Crippen molar-refractivity contribution in [1.29, 1.82) is 0 Å². The van der Waals surface area contributed by atoms with E-state index in [1.165, 1.54) is 6.07 Å². The third-order valence-electron chi connectivity index (χ3n) is 8.21. The number of rotatable bonds is 11. The lowest BCUT2D eigenvalue weighted by molar-refractivity contribution is -0.142. The molecule has 3 aromatic carbocycles. The highest BCUT2D eigenvalue weighted by Crippen LogP contribution is 2.30. The number of nitrogens with one attached hydrogen (secondary N) is 2.